The van der Waals surface area contributed by atoms with Gasteiger partial charge in [-0.3, -0.25) is 0 Å². The summed E-state index contributed by atoms with van der Waals surface area (Å²) in [4.78, 5) is 3.51. The van der Waals surface area contributed by atoms with E-state index in [1.165, 1.54) is 203 Å². The van der Waals surface area contributed by atoms with E-state index in [0.717, 1.165) is 15.8 Å². The molecular weight excluding hydrogens is 1480 g/mol. The number of hydrogen-bond donors (Lipinski definition) is 1. The number of H-pyrrole nitrogens is 1. The molecule has 1 N–H and O–H groups in total. The molecule has 0 bridgehead atoms. The highest BCUT2D eigenvalue weighted by atomic mass is 79.9. The first kappa shape index (κ1) is 68.9. The summed E-state index contributed by atoms with van der Waals surface area (Å²) in [6, 6.07) is 158. The van der Waals surface area contributed by atoms with Crippen LogP contribution in [0.15, 0.2) is 441 Å². The maximum absolute atomic E-state index is 3.56. The molecule has 4 heterocycles. The topological polar surface area (TPSA) is 30.6 Å². The van der Waals surface area contributed by atoms with Crippen LogP contribution in [0.25, 0.3) is 214 Å². The van der Waals surface area contributed by atoms with Crippen LogP contribution in [0, 0.1) is 0 Å². The fourth-order valence-corrected chi connectivity index (χ4v) is 18.8. The first-order valence-corrected chi connectivity index (χ1v) is 40.9. The molecule has 0 saturated carbocycles. The fourth-order valence-electron chi connectivity index (χ4n) is 18.6. The number of halogens is 1. The minimum Gasteiger partial charge on any atom is -0.355 e. The van der Waals surface area contributed by atoms with Gasteiger partial charge in [0.1, 0.15) is 0 Å². The summed E-state index contributed by atoms with van der Waals surface area (Å²) in [5.41, 5.74) is 28.1. The molecular formula is C112H73BrN4. The molecule has 5 heteroatoms. The number of aromatic amines is 1. The molecule has 24 rings (SSSR count). The number of fused-ring (bicyclic) bond motifs is 16. The number of hydrogen-bond acceptors (Lipinski definition) is 0. The third kappa shape index (κ3) is 11.9. The van der Waals surface area contributed by atoms with E-state index in [2.05, 4.69) is 471 Å². The highest BCUT2D eigenvalue weighted by Crippen LogP contribution is 2.47. The Bertz CT molecular complexity index is 7740. The van der Waals surface area contributed by atoms with Crippen molar-refractivity contribution in [3.63, 3.8) is 0 Å². The van der Waals surface area contributed by atoms with Crippen LogP contribution in [0.5, 0.6) is 0 Å². The van der Waals surface area contributed by atoms with Crippen LogP contribution in [0.1, 0.15) is 0 Å². The summed E-state index contributed by atoms with van der Waals surface area (Å²) in [7, 11) is 0. The lowest BCUT2D eigenvalue weighted by molar-refractivity contribution is 1.18. The third-order valence-electron chi connectivity index (χ3n) is 23.8. The second kappa shape index (κ2) is 28.9. The Kier molecular flexibility index (Phi) is 17.0. The zero-order chi connectivity index (χ0) is 77.4. The molecule has 20 aromatic carbocycles. The number of para-hydroxylation sites is 6. The van der Waals surface area contributed by atoms with Gasteiger partial charge in [0.2, 0.25) is 0 Å². The lowest BCUT2D eigenvalue weighted by Crippen LogP contribution is -1.95. The summed E-state index contributed by atoms with van der Waals surface area (Å²) < 4.78 is 8.25. The second-order valence-electron chi connectivity index (χ2n) is 30.3. The molecule has 0 unspecified atom stereocenters. The van der Waals surface area contributed by atoms with Gasteiger partial charge in [0, 0.05) is 75.7 Å². The average Bonchev–Trinajstić information content (AvgIpc) is 1.55. The van der Waals surface area contributed by atoms with E-state index in [1.807, 2.05) is 0 Å². The molecule has 0 atom stereocenters. The Morgan fingerprint density at radius 3 is 0.735 bits per heavy atom. The number of nitrogens with zero attached hydrogens (tertiary/aromatic N) is 3. The van der Waals surface area contributed by atoms with Crippen LogP contribution in [0.2, 0.25) is 0 Å². The third-order valence-corrected chi connectivity index (χ3v) is 24.3. The van der Waals surface area contributed by atoms with Crippen molar-refractivity contribution in [3.05, 3.63) is 441 Å². The van der Waals surface area contributed by atoms with Gasteiger partial charge in [-0.2, -0.15) is 0 Å². The van der Waals surface area contributed by atoms with Gasteiger partial charge in [0.05, 0.1) is 33.1 Å². The van der Waals surface area contributed by atoms with Gasteiger partial charge in [-0.25, -0.2) is 0 Å². The normalized spacial score (nSPS) is 11.6. The number of aromatic nitrogens is 4. The predicted molar refractivity (Wildman–Crippen MR) is 502 cm³/mol. The number of rotatable bonds is 9. The smallest absolute Gasteiger partial charge is 0.0541 e. The molecule has 0 amide bonds. The van der Waals surface area contributed by atoms with Crippen LogP contribution in [0.3, 0.4) is 0 Å². The Morgan fingerprint density at radius 1 is 0.154 bits per heavy atom. The van der Waals surface area contributed by atoms with Crippen molar-refractivity contribution in [1.82, 2.24) is 18.7 Å². The highest BCUT2D eigenvalue weighted by molar-refractivity contribution is 9.10. The molecule has 0 fully saturated rings. The van der Waals surface area contributed by atoms with Crippen LogP contribution in [-0.4, -0.2) is 18.7 Å². The maximum Gasteiger partial charge on any atom is 0.0541 e. The van der Waals surface area contributed by atoms with Gasteiger partial charge < -0.3 is 18.7 Å². The van der Waals surface area contributed by atoms with E-state index < -0.39 is 0 Å². The number of benzene rings is 20. The van der Waals surface area contributed by atoms with Gasteiger partial charge >= 0.3 is 0 Å². The molecule has 0 radical (unpaired) electrons. The number of nitrogens with one attached hydrogen (secondary N) is 1. The van der Waals surface area contributed by atoms with E-state index in [9.17, 15) is 0 Å². The van der Waals surface area contributed by atoms with E-state index in [4.69, 9.17) is 0 Å². The molecule has 0 aliphatic rings. The van der Waals surface area contributed by atoms with Crippen molar-refractivity contribution in [2.75, 3.05) is 0 Å². The molecule has 548 valence electrons. The summed E-state index contributed by atoms with van der Waals surface area (Å²) in [6.07, 6.45) is 0. The van der Waals surface area contributed by atoms with Crippen molar-refractivity contribution in [2.24, 2.45) is 0 Å². The van der Waals surface area contributed by atoms with E-state index in [0.29, 0.717) is 0 Å². The van der Waals surface area contributed by atoms with Crippen molar-refractivity contribution in [2.45, 2.75) is 0 Å². The summed E-state index contributed by atoms with van der Waals surface area (Å²) in [5.74, 6) is 0. The van der Waals surface area contributed by atoms with Gasteiger partial charge in [0.25, 0.3) is 0 Å². The summed E-state index contributed by atoms with van der Waals surface area (Å²) in [5, 5.41) is 20.4. The van der Waals surface area contributed by atoms with Crippen LogP contribution >= 0.6 is 15.9 Å². The summed E-state index contributed by atoms with van der Waals surface area (Å²) >= 11 is 3.56. The van der Waals surface area contributed by atoms with Crippen LogP contribution < -0.4 is 0 Å². The lowest BCUT2D eigenvalue weighted by Gasteiger charge is -2.18. The predicted octanol–water partition coefficient (Wildman–Crippen LogP) is 31.4. The maximum atomic E-state index is 3.56. The van der Waals surface area contributed by atoms with Gasteiger partial charge in [-0.1, -0.05) is 344 Å². The second-order valence-corrected chi connectivity index (χ2v) is 31.2. The molecule has 0 aliphatic heterocycles. The van der Waals surface area contributed by atoms with Crippen LogP contribution in [-0.2, 0) is 0 Å². The Morgan fingerprint density at radius 2 is 0.385 bits per heavy atom. The molecule has 0 aliphatic carbocycles. The van der Waals surface area contributed by atoms with E-state index >= 15 is 0 Å². The van der Waals surface area contributed by atoms with Gasteiger partial charge in [-0.05, 0) is 219 Å². The van der Waals surface area contributed by atoms with E-state index in [1.54, 1.807) is 0 Å². The minimum atomic E-state index is 1.10. The van der Waals surface area contributed by atoms with Crippen LogP contribution in [0.4, 0.5) is 0 Å². The van der Waals surface area contributed by atoms with Gasteiger partial charge in [0.15, 0.2) is 0 Å². The van der Waals surface area contributed by atoms with Crippen molar-refractivity contribution < 1.29 is 0 Å². The lowest BCUT2D eigenvalue weighted by atomic mass is 9.86. The molecule has 0 spiro atoms. The average molecular weight is 1550 g/mol. The highest BCUT2D eigenvalue weighted by Gasteiger charge is 2.22. The Hall–Kier alpha value is -14.9. The summed E-state index contributed by atoms with van der Waals surface area (Å²) in [6.45, 7) is 0. The first-order valence-electron chi connectivity index (χ1n) is 40.1. The molecule has 4 aromatic heterocycles. The monoisotopic (exact) mass is 1550 g/mol. The molecule has 0 saturated heterocycles. The minimum absolute atomic E-state index is 1.10. The van der Waals surface area contributed by atoms with Crippen molar-refractivity contribution in [3.8, 4) is 83.8 Å². The first-order chi connectivity index (χ1) is 58.0. The molecule has 24 aromatic rings. The van der Waals surface area contributed by atoms with E-state index in [-0.39, 0.29) is 0 Å². The van der Waals surface area contributed by atoms with Gasteiger partial charge in [-0.15, -0.1) is 0 Å². The molecule has 4 nitrogen and oxygen atoms in total. The zero-order valence-corrected chi connectivity index (χ0v) is 65.4. The van der Waals surface area contributed by atoms with Crippen molar-refractivity contribution in [1.29, 1.82) is 0 Å². The SMILES string of the molecule is Brc1ccc(-c2c3ccccc3c(-c3ccccc3)c3ccccc23)cc1.c1ccc(-c2c3ccccc3c(-c3ccc(-n4c5ccccc5c5cc(-c6ccc(-n7c8ccccc8c8ccccc87)cc6)ccc54)cc3)c3ccccc23)cc1.c1ccc2c(c1)[nH]c1ccc(-c3ccc(-n4c5ccccc5c5ccccc54)cc3)cc12. The van der Waals surface area contributed by atoms with Crippen molar-refractivity contribution >= 4 is 146 Å². The zero-order valence-electron chi connectivity index (χ0n) is 63.8. The fraction of sp³-hybridized carbons (Fsp3) is 0. The largest absolute Gasteiger partial charge is 0.355 e. The quantitative estimate of drug-likeness (QED) is 0.140. The molecule has 117 heavy (non-hydrogen) atoms. The standard InChI is InChI=1S/C56H36N2.C30H20N2.C26H17Br/c1-2-14-38(15-3-1)55-46-19-4-6-21-48(46)56(49-22-7-5-20-47(49)55)39-28-33-42(34-29-39)58-53-25-13-10-18-45(53)50-36-40(30-35-54(50)58)37-26-31-41(32-27-37)57-51-23-11-8-16-43(51)44-17-9-12-24-52(44)57;1-4-10-27-23(7-1)26-19-21(15-18-28(26)31-27)20-13-16-22(17-14-20)32-29-11-5-2-8-24(29)25-9-3-6-12-30(25)32;27-20-16-14-19(15-17-20)26-23-12-6-4-10-21(23)25(18-8-2-1-3-9-18)22-11-5-7-13-24(22)26/h1-36H;1-19,31H;1-17H. The Balaban J connectivity index is 0.000000118. The Labute approximate surface area is 685 Å².